The highest BCUT2D eigenvalue weighted by atomic mass is 32.2. The molecule has 1 nitrogen and oxygen atoms in total. The summed E-state index contributed by atoms with van der Waals surface area (Å²) >= 11 is 1.70. The molecule has 0 spiro atoms. The maximum absolute atomic E-state index is 5.99. The summed E-state index contributed by atoms with van der Waals surface area (Å²) in [6.45, 7) is 0. The van der Waals surface area contributed by atoms with E-state index in [2.05, 4.69) is 0 Å². The van der Waals surface area contributed by atoms with Crippen molar-refractivity contribution in [2.75, 3.05) is 0 Å². The van der Waals surface area contributed by atoms with Crippen LogP contribution in [0.2, 0.25) is 0 Å². The van der Waals surface area contributed by atoms with Gasteiger partial charge in [-0.1, -0.05) is 50.5 Å². The lowest BCUT2D eigenvalue weighted by atomic mass is 9.72. The summed E-state index contributed by atoms with van der Waals surface area (Å²) in [7, 11) is 0. The summed E-state index contributed by atoms with van der Waals surface area (Å²) < 4.78 is 0.485. The van der Waals surface area contributed by atoms with Gasteiger partial charge in [-0.3, -0.25) is 5.14 Å². The van der Waals surface area contributed by atoms with Gasteiger partial charge in [0.05, 0.1) is 0 Å². The molecule has 2 heteroatoms. The zero-order valence-electron chi connectivity index (χ0n) is 9.13. The highest BCUT2D eigenvalue weighted by Gasteiger charge is 2.39. The monoisotopic (exact) mass is 213 g/mol. The van der Waals surface area contributed by atoms with Crippen molar-refractivity contribution < 1.29 is 0 Å². The molecule has 0 atom stereocenters. The molecule has 2 saturated carbocycles. The van der Waals surface area contributed by atoms with E-state index in [1.165, 1.54) is 64.2 Å². The second-order valence-electron chi connectivity index (χ2n) is 5.08. The van der Waals surface area contributed by atoms with E-state index < -0.39 is 0 Å². The van der Waals surface area contributed by atoms with Crippen molar-refractivity contribution >= 4 is 11.9 Å². The van der Waals surface area contributed by atoms with Gasteiger partial charge in [0.25, 0.3) is 0 Å². The van der Waals surface area contributed by atoms with Gasteiger partial charge in [-0.25, -0.2) is 0 Å². The first-order chi connectivity index (χ1) is 6.87. The van der Waals surface area contributed by atoms with Crippen LogP contribution in [-0.2, 0) is 0 Å². The molecule has 2 aliphatic carbocycles. The molecule has 2 rings (SSSR count). The molecule has 0 amide bonds. The summed E-state index contributed by atoms with van der Waals surface area (Å²) in [5.41, 5.74) is 0. The Balaban J connectivity index is 2.01. The van der Waals surface area contributed by atoms with E-state index in [0.29, 0.717) is 4.75 Å². The van der Waals surface area contributed by atoms with E-state index in [1.54, 1.807) is 11.9 Å². The second-order valence-corrected chi connectivity index (χ2v) is 6.13. The average molecular weight is 213 g/mol. The zero-order chi connectivity index (χ0) is 9.86. The minimum absolute atomic E-state index is 0.485. The Morgan fingerprint density at radius 1 is 0.857 bits per heavy atom. The highest BCUT2D eigenvalue weighted by molar-refractivity contribution is 7.98. The first-order valence-corrected chi connectivity index (χ1v) is 7.13. The van der Waals surface area contributed by atoms with Gasteiger partial charge in [0.2, 0.25) is 0 Å². The molecular weight excluding hydrogens is 190 g/mol. The molecule has 0 saturated heterocycles. The molecule has 82 valence electrons. The molecule has 2 aliphatic rings. The van der Waals surface area contributed by atoms with Crippen LogP contribution in [0, 0.1) is 5.92 Å². The molecule has 0 unspecified atom stereocenters. The molecule has 0 bridgehead atoms. The SMILES string of the molecule is NSC1(C2CCCCC2)CCCCC1. The molecule has 0 aliphatic heterocycles. The third-order valence-electron chi connectivity index (χ3n) is 4.28. The molecule has 2 fully saturated rings. The van der Waals surface area contributed by atoms with E-state index in [1.807, 2.05) is 0 Å². The molecule has 0 aromatic heterocycles. The predicted molar refractivity (Wildman–Crippen MR) is 64.2 cm³/mol. The average Bonchev–Trinajstić information content (AvgIpc) is 2.31. The Morgan fingerprint density at radius 3 is 2.00 bits per heavy atom. The third kappa shape index (κ3) is 2.11. The molecule has 14 heavy (non-hydrogen) atoms. The lowest BCUT2D eigenvalue weighted by molar-refractivity contribution is 0.227. The largest absolute Gasteiger partial charge is 0.277 e. The van der Waals surface area contributed by atoms with Gasteiger partial charge in [0.15, 0.2) is 0 Å². The second kappa shape index (κ2) is 4.89. The Labute approximate surface area is 92.3 Å². The zero-order valence-corrected chi connectivity index (χ0v) is 9.95. The van der Waals surface area contributed by atoms with Gasteiger partial charge in [-0.2, -0.15) is 0 Å². The van der Waals surface area contributed by atoms with Gasteiger partial charge in [-0.15, -0.1) is 0 Å². The first-order valence-electron chi connectivity index (χ1n) is 6.25. The number of hydrogen-bond donors (Lipinski definition) is 1. The summed E-state index contributed by atoms with van der Waals surface area (Å²) in [5, 5.41) is 5.99. The van der Waals surface area contributed by atoms with Crippen LogP contribution in [0.25, 0.3) is 0 Å². The molecule has 0 heterocycles. The third-order valence-corrected chi connectivity index (χ3v) is 5.49. The van der Waals surface area contributed by atoms with Crippen LogP contribution in [-0.4, -0.2) is 4.75 Å². The normalized spacial score (nSPS) is 28.9. The van der Waals surface area contributed by atoms with Crippen molar-refractivity contribution in [2.24, 2.45) is 11.1 Å². The minimum atomic E-state index is 0.485. The standard InChI is InChI=1S/C12H23NS/c13-14-12(9-5-2-6-10-12)11-7-3-1-4-8-11/h11H,1-10,13H2. The van der Waals surface area contributed by atoms with Crippen LogP contribution < -0.4 is 5.14 Å². The fourth-order valence-electron chi connectivity index (χ4n) is 3.40. The van der Waals surface area contributed by atoms with Gasteiger partial charge in [0, 0.05) is 4.75 Å². The Morgan fingerprint density at radius 2 is 1.43 bits per heavy atom. The Bertz CT molecular complexity index is 169. The number of hydrogen-bond acceptors (Lipinski definition) is 2. The Hall–Kier alpha value is 0.310. The number of nitrogens with two attached hydrogens (primary N) is 1. The molecular formula is C12H23NS. The van der Waals surface area contributed by atoms with Crippen molar-refractivity contribution in [1.29, 1.82) is 0 Å². The molecule has 0 radical (unpaired) electrons. The maximum Gasteiger partial charge on any atom is 0.0330 e. The summed E-state index contributed by atoms with van der Waals surface area (Å²) in [6.07, 6.45) is 14.3. The van der Waals surface area contributed by atoms with E-state index in [0.717, 1.165) is 5.92 Å². The van der Waals surface area contributed by atoms with Crippen molar-refractivity contribution in [3.63, 3.8) is 0 Å². The lowest BCUT2D eigenvalue weighted by Crippen LogP contribution is -2.39. The lowest BCUT2D eigenvalue weighted by Gasteiger charge is -2.43. The molecule has 0 aromatic rings. The predicted octanol–water partition coefficient (Wildman–Crippen LogP) is 3.88. The van der Waals surface area contributed by atoms with Gasteiger partial charge in [-0.05, 0) is 31.6 Å². The van der Waals surface area contributed by atoms with Gasteiger partial charge < -0.3 is 0 Å². The summed E-state index contributed by atoms with van der Waals surface area (Å²) in [4.78, 5) is 0. The van der Waals surface area contributed by atoms with Crippen molar-refractivity contribution in [1.82, 2.24) is 0 Å². The van der Waals surface area contributed by atoms with Crippen LogP contribution in [0.1, 0.15) is 64.2 Å². The first kappa shape index (κ1) is 10.8. The summed E-state index contributed by atoms with van der Waals surface area (Å²) in [6, 6.07) is 0. The fraction of sp³-hybridized carbons (Fsp3) is 1.00. The van der Waals surface area contributed by atoms with Crippen LogP contribution in [0.3, 0.4) is 0 Å². The topological polar surface area (TPSA) is 26.0 Å². The minimum Gasteiger partial charge on any atom is -0.277 e. The van der Waals surface area contributed by atoms with Crippen molar-refractivity contribution in [3.8, 4) is 0 Å². The fourth-order valence-corrected chi connectivity index (χ4v) is 4.35. The highest BCUT2D eigenvalue weighted by Crippen LogP contribution is 2.48. The van der Waals surface area contributed by atoms with Crippen LogP contribution in [0.4, 0.5) is 0 Å². The van der Waals surface area contributed by atoms with Crippen LogP contribution in [0.15, 0.2) is 0 Å². The van der Waals surface area contributed by atoms with E-state index in [-0.39, 0.29) is 0 Å². The van der Waals surface area contributed by atoms with E-state index in [4.69, 9.17) is 5.14 Å². The van der Waals surface area contributed by atoms with Gasteiger partial charge >= 0.3 is 0 Å². The van der Waals surface area contributed by atoms with E-state index >= 15 is 0 Å². The van der Waals surface area contributed by atoms with Crippen molar-refractivity contribution in [3.05, 3.63) is 0 Å². The number of rotatable bonds is 2. The van der Waals surface area contributed by atoms with Crippen LogP contribution in [0.5, 0.6) is 0 Å². The Kier molecular flexibility index (Phi) is 3.78. The quantitative estimate of drug-likeness (QED) is 0.705. The van der Waals surface area contributed by atoms with Crippen molar-refractivity contribution in [2.45, 2.75) is 69.0 Å². The maximum atomic E-state index is 5.99. The van der Waals surface area contributed by atoms with Gasteiger partial charge in [0.1, 0.15) is 0 Å². The van der Waals surface area contributed by atoms with E-state index in [9.17, 15) is 0 Å². The van der Waals surface area contributed by atoms with Crippen LogP contribution >= 0.6 is 11.9 Å². The molecule has 0 aromatic carbocycles. The smallest absolute Gasteiger partial charge is 0.0330 e. The molecule has 2 N–H and O–H groups in total. The summed E-state index contributed by atoms with van der Waals surface area (Å²) in [5.74, 6) is 0.937.